The van der Waals surface area contributed by atoms with E-state index in [4.69, 9.17) is 4.74 Å². The van der Waals surface area contributed by atoms with Crippen LogP contribution in [0, 0.1) is 12.8 Å². The SMILES string of the molecule is CCCCS(=O)(=O)N1CCC(C(=O)OCCNC(=O)CCc2ccc(C)cc2)CC1. The zero-order valence-corrected chi connectivity index (χ0v) is 18.9. The molecule has 0 bridgehead atoms. The summed E-state index contributed by atoms with van der Waals surface area (Å²) in [4.78, 5) is 24.1. The summed E-state index contributed by atoms with van der Waals surface area (Å²) >= 11 is 0. The Hall–Kier alpha value is -1.93. The van der Waals surface area contributed by atoms with Gasteiger partial charge in [0.2, 0.25) is 15.9 Å². The molecule has 30 heavy (non-hydrogen) atoms. The van der Waals surface area contributed by atoms with Crippen molar-refractivity contribution < 1.29 is 22.7 Å². The lowest BCUT2D eigenvalue weighted by atomic mass is 9.98. The van der Waals surface area contributed by atoms with Gasteiger partial charge in [-0.25, -0.2) is 12.7 Å². The number of nitrogens with one attached hydrogen (secondary N) is 1. The lowest BCUT2D eigenvalue weighted by Crippen LogP contribution is -2.41. The van der Waals surface area contributed by atoms with Crippen molar-refractivity contribution in [1.29, 1.82) is 0 Å². The molecular weight excluding hydrogens is 404 g/mol. The molecule has 1 aromatic rings. The number of rotatable bonds is 11. The Balaban J connectivity index is 1.60. The molecule has 0 atom stereocenters. The first kappa shape index (κ1) is 24.3. The number of esters is 1. The van der Waals surface area contributed by atoms with Crippen LogP contribution in [0.25, 0.3) is 0 Å². The van der Waals surface area contributed by atoms with E-state index in [-0.39, 0.29) is 36.7 Å². The van der Waals surface area contributed by atoms with E-state index in [9.17, 15) is 18.0 Å². The van der Waals surface area contributed by atoms with Crippen molar-refractivity contribution in [3.63, 3.8) is 0 Å². The highest BCUT2D eigenvalue weighted by molar-refractivity contribution is 7.89. The maximum absolute atomic E-state index is 12.2. The lowest BCUT2D eigenvalue weighted by molar-refractivity contribution is -0.150. The molecule has 0 spiro atoms. The van der Waals surface area contributed by atoms with Crippen molar-refractivity contribution in [2.75, 3.05) is 32.0 Å². The van der Waals surface area contributed by atoms with E-state index < -0.39 is 10.0 Å². The fourth-order valence-corrected chi connectivity index (χ4v) is 5.07. The van der Waals surface area contributed by atoms with Crippen LogP contribution in [0.4, 0.5) is 0 Å². The van der Waals surface area contributed by atoms with Crippen LogP contribution in [0.3, 0.4) is 0 Å². The fraction of sp³-hybridized carbons (Fsp3) is 0.636. The molecule has 1 aromatic carbocycles. The first-order chi connectivity index (χ1) is 14.3. The van der Waals surface area contributed by atoms with Gasteiger partial charge in [0, 0.05) is 19.5 Å². The van der Waals surface area contributed by atoms with E-state index in [0.717, 1.165) is 12.0 Å². The predicted octanol–water partition coefficient (Wildman–Crippen LogP) is 2.43. The smallest absolute Gasteiger partial charge is 0.309 e. The highest BCUT2D eigenvalue weighted by Crippen LogP contribution is 2.21. The Bertz CT molecular complexity index is 784. The second-order valence-electron chi connectivity index (χ2n) is 7.85. The van der Waals surface area contributed by atoms with E-state index in [1.807, 2.05) is 38.1 Å². The van der Waals surface area contributed by atoms with Crippen molar-refractivity contribution in [3.05, 3.63) is 35.4 Å². The number of unbranched alkanes of at least 4 members (excludes halogenated alkanes) is 1. The highest BCUT2D eigenvalue weighted by atomic mass is 32.2. The Morgan fingerprint density at radius 1 is 1.17 bits per heavy atom. The van der Waals surface area contributed by atoms with Crippen LogP contribution in [0.15, 0.2) is 24.3 Å². The number of hydrogen-bond donors (Lipinski definition) is 1. The van der Waals surface area contributed by atoms with Gasteiger partial charge in [0.05, 0.1) is 18.2 Å². The van der Waals surface area contributed by atoms with Gasteiger partial charge in [-0.15, -0.1) is 0 Å². The Morgan fingerprint density at radius 2 is 1.83 bits per heavy atom. The molecule has 168 valence electrons. The number of amides is 1. The van der Waals surface area contributed by atoms with Crippen LogP contribution < -0.4 is 5.32 Å². The minimum atomic E-state index is -3.22. The van der Waals surface area contributed by atoms with Gasteiger partial charge >= 0.3 is 5.97 Å². The van der Waals surface area contributed by atoms with Crippen LogP contribution in [-0.4, -0.2) is 56.6 Å². The van der Waals surface area contributed by atoms with E-state index in [2.05, 4.69) is 5.32 Å². The molecule has 1 fully saturated rings. The highest BCUT2D eigenvalue weighted by Gasteiger charge is 2.31. The van der Waals surface area contributed by atoms with E-state index in [0.29, 0.717) is 45.2 Å². The largest absolute Gasteiger partial charge is 0.464 e. The molecule has 1 aliphatic heterocycles. The summed E-state index contributed by atoms with van der Waals surface area (Å²) < 4.78 is 31.2. The molecule has 1 N–H and O–H groups in total. The molecule has 1 aliphatic rings. The number of ether oxygens (including phenoxy) is 1. The third-order valence-corrected chi connectivity index (χ3v) is 7.32. The summed E-state index contributed by atoms with van der Waals surface area (Å²) in [5.74, 6) is -0.492. The van der Waals surface area contributed by atoms with Crippen molar-refractivity contribution in [1.82, 2.24) is 9.62 Å². The standard InChI is InChI=1S/C22H34N2O5S/c1-3-4-17-30(27,28)24-14-11-20(12-15-24)22(26)29-16-13-23-21(25)10-9-19-7-5-18(2)6-8-19/h5-8,20H,3-4,9-17H2,1-2H3,(H,23,25). The number of hydrogen-bond acceptors (Lipinski definition) is 5. The lowest BCUT2D eigenvalue weighted by Gasteiger charge is -2.30. The first-order valence-electron chi connectivity index (χ1n) is 10.8. The number of nitrogens with zero attached hydrogens (tertiary/aromatic N) is 1. The molecule has 0 saturated carbocycles. The van der Waals surface area contributed by atoms with Gasteiger partial charge in [-0.2, -0.15) is 0 Å². The Labute approximate surface area is 180 Å². The quantitative estimate of drug-likeness (QED) is 0.423. The minimum absolute atomic E-state index is 0.0720. The average Bonchev–Trinajstić information content (AvgIpc) is 2.75. The molecule has 0 unspecified atom stereocenters. The Morgan fingerprint density at radius 3 is 2.47 bits per heavy atom. The summed E-state index contributed by atoms with van der Waals surface area (Å²) in [5.41, 5.74) is 2.30. The first-order valence-corrected chi connectivity index (χ1v) is 12.4. The number of aryl methyl sites for hydroxylation is 2. The monoisotopic (exact) mass is 438 g/mol. The van der Waals surface area contributed by atoms with Gasteiger partial charge in [0.15, 0.2) is 0 Å². The summed E-state index contributed by atoms with van der Waals surface area (Å²) in [6, 6.07) is 8.09. The van der Waals surface area contributed by atoms with Gasteiger partial charge in [-0.05, 0) is 38.2 Å². The van der Waals surface area contributed by atoms with E-state index >= 15 is 0 Å². The van der Waals surface area contributed by atoms with Crippen LogP contribution in [0.1, 0.15) is 50.2 Å². The molecular formula is C22H34N2O5S. The molecule has 0 aromatic heterocycles. The Kier molecular flexibility index (Phi) is 9.78. The molecule has 1 saturated heterocycles. The topological polar surface area (TPSA) is 92.8 Å². The second-order valence-corrected chi connectivity index (χ2v) is 9.93. The number of carbonyl (C=O) groups excluding carboxylic acids is 2. The number of carbonyl (C=O) groups is 2. The van der Waals surface area contributed by atoms with Crippen molar-refractivity contribution in [3.8, 4) is 0 Å². The summed E-state index contributed by atoms with van der Waals surface area (Å²) in [6.45, 7) is 5.12. The zero-order chi connectivity index (χ0) is 22.0. The second kappa shape index (κ2) is 12.1. The molecule has 0 aliphatic carbocycles. The molecule has 1 amide bonds. The average molecular weight is 439 g/mol. The van der Waals surface area contributed by atoms with Gasteiger partial charge in [-0.3, -0.25) is 9.59 Å². The summed E-state index contributed by atoms with van der Waals surface area (Å²) in [5, 5.41) is 2.77. The molecule has 2 rings (SSSR count). The van der Waals surface area contributed by atoms with Crippen LogP contribution in [0.5, 0.6) is 0 Å². The normalized spacial score (nSPS) is 15.7. The molecule has 1 heterocycles. The maximum atomic E-state index is 12.2. The maximum Gasteiger partial charge on any atom is 0.309 e. The summed E-state index contributed by atoms with van der Waals surface area (Å²) in [7, 11) is -3.22. The summed E-state index contributed by atoms with van der Waals surface area (Å²) in [6.07, 6.45) is 3.51. The number of benzene rings is 1. The van der Waals surface area contributed by atoms with Crippen molar-refractivity contribution in [2.24, 2.45) is 5.92 Å². The minimum Gasteiger partial charge on any atom is -0.464 e. The molecule has 7 nitrogen and oxygen atoms in total. The molecule has 8 heteroatoms. The van der Waals surface area contributed by atoms with Crippen LogP contribution in [-0.2, 0) is 30.8 Å². The van der Waals surface area contributed by atoms with Crippen molar-refractivity contribution in [2.45, 2.75) is 52.4 Å². The molecule has 0 radical (unpaired) electrons. The fourth-order valence-electron chi connectivity index (χ4n) is 3.39. The van der Waals surface area contributed by atoms with Crippen LogP contribution >= 0.6 is 0 Å². The number of sulfonamides is 1. The number of piperidine rings is 1. The van der Waals surface area contributed by atoms with E-state index in [1.54, 1.807) is 0 Å². The van der Waals surface area contributed by atoms with Gasteiger partial charge < -0.3 is 10.1 Å². The van der Waals surface area contributed by atoms with Crippen LogP contribution in [0.2, 0.25) is 0 Å². The third-order valence-electron chi connectivity index (χ3n) is 5.37. The zero-order valence-electron chi connectivity index (χ0n) is 18.1. The van der Waals surface area contributed by atoms with Crippen molar-refractivity contribution >= 4 is 21.9 Å². The van der Waals surface area contributed by atoms with Gasteiger partial charge in [0.25, 0.3) is 0 Å². The van der Waals surface area contributed by atoms with Gasteiger partial charge in [0.1, 0.15) is 6.61 Å². The third kappa shape index (κ3) is 8.07. The van der Waals surface area contributed by atoms with Gasteiger partial charge in [-0.1, -0.05) is 43.2 Å². The van der Waals surface area contributed by atoms with E-state index in [1.165, 1.54) is 9.87 Å². The predicted molar refractivity (Wildman–Crippen MR) is 116 cm³/mol.